The number of hydrogen-bond acceptors (Lipinski definition) is 5. The van der Waals surface area contributed by atoms with Gasteiger partial charge in [0.2, 0.25) is 0 Å². The van der Waals surface area contributed by atoms with Crippen LogP contribution in [0, 0.1) is 17.0 Å². The Hall–Kier alpha value is -1.92. The molecule has 1 fully saturated rings. The predicted molar refractivity (Wildman–Crippen MR) is 96.8 cm³/mol. The molecule has 1 aromatic carbocycles. The van der Waals surface area contributed by atoms with Crippen molar-refractivity contribution in [1.29, 1.82) is 0 Å². The van der Waals surface area contributed by atoms with E-state index >= 15 is 0 Å². The fourth-order valence-electron chi connectivity index (χ4n) is 3.18. The van der Waals surface area contributed by atoms with Crippen molar-refractivity contribution in [2.75, 3.05) is 19.7 Å². The molecule has 1 aliphatic heterocycles. The van der Waals surface area contributed by atoms with Crippen LogP contribution in [-0.2, 0) is 0 Å². The smallest absolute Gasteiger partial charge is 0.311 e. The first kappa shape index (κ1) is 17.9. The standard InChI is InChI=1S/C19H26N2O4/c1-13-10-17(21(23)24)18(25-15-4-5-15)11-16(13)14-6-8-20(9-7-14)19(2,3)12-22/h6,10-11,15,22H,4-5,7-9,12H2,1-3H3. The van der Waals surface area contributed by atoms with Crippen molar-refractivity contribution in [2.24, 2.45) is 0 Å². The molecule has 0 amide bonds. The second-order valence-electron chi connectivity index (χ2n) is 7.61. The molecule has 0 aromatic heterocycles. The first-order chi connectivity index (χ1) is 11.8. The van der Waals surface area contributed by atoms with Gasteiger partial charge in [-0.2, -0.15) is 0 Å². The zero-order valence-electron chi connectivity index (χ0n) is 15.1. The maximum absolute atomic E-state index is 11.3. The first-order valence-corrected chi connectivity index (χ1v) is 8.83. The minimum absolute atomic E-state index is 0.0487. The molecule has 0 radical (unpaired) electrons. The summed E-state index contributed by atoms with van der Waals surface area (Å²) in [6.07, 6.45) is 5.07. The van der Waals surface area contributed by atoms with Crippen molar-refractivity contribution in [2.45, 2.75) is 51.7 Å². The van der Waals surface area contributed by atoms with Crippen LogP contribution >= 0.6 is 0 Å². The van der Waals surface area contributed by atoms with Crippen LogP contribution in [0.2, 0.25) is 0 Å². The molecule has 6 nitrogen and oxygen atoms in total. The number of rotatable bonds is 6. The number of aryl methyl sites for hydroxylation is 1. The van der Waals surface area contributed by atoms with Gasteiger partial charge in [0, 0.05) is 24.7 Å². The lowest BCUT2D eigenvalue weighted by atomic mass is 9.92. The van der Waals surface area contributed by atoms with E-state index in [1.807, 2.05) is 26.8 Å². The Labute approximate surface area is 148 Å². The van der Waals surface area contributed by atoms with Gasteiger partial charge < -0.3 is 9.84 Å². The summed E-state index contributed by atoms with van der Waals surface area (Å²) >= 11 is 0. The molecule has 0 atom stereocenters. The Balaban J connectivity index is 1.88. The Morgan fingerprint density at radius 1 is 1.40 bits per heavy atom. The van der Waals surface area contributed by atoms with Gasteiger partial charge in [0.25, 0.3) is 0 Å². The first-order valence-electron chi connectivity index (χ1n) is 8.83. The van der Waals surface area contributed by atoms with E-state index in [0.29, 0.717) is 5.75 Å². The van der Waals surface area contributed by atoms with Gasteiger partial charge in [0.1, 0.15) is 0 Å². The molecule has 25 heavy (non-hydrogen) atoms. The third kappa shape index (κ3) is 3.85. The largest absolute Gasteiger partial charge is 0.483 e. The summed E-state index contributed by atoms with van der Waals surface area (Å²) in [5.74, 6) is 0.382. The molecule has 1 N–H and O–H groups in total. The summed E-state index contributed by atoms with van der Waals surface area (Å²) in [5, 5.41) is 20.9. The summed E-state index contributed by atoms with van der Waals surface area (Å²) in [5.41, 5.74) is 2.93. The molecule has 2 aliphatic rings. The highest BCUT2D eigenvalue weighted by Crippen LogP contribution is 2.38. The number of aliphatic hydroxyl groups excluding tert-OH is 1. The molecular formula is C19H26N2O4. The van der Waals surface area contributed by atoms with Crippen LogP contribution in [-0.4, -0.2) is 46.3 Å². The monoisotopic (exact) mass is 346 g/mol. The predicted octanol–water partition coefficient (Wildman–Crippen LogP) is 3.30. The van der Waals surface area contributed by atoms with Gasteiger partial charge in [-0.05, 0) is 62.8 Å². The third-order valence-corrected chi connectivity index (χ3v) is 5.12. The number of ether oxygens (including phenoxy) is 1. The second kappa shape index (κ2) is 6.77. The van der Waals surface area contributed by atoms with Crippen molar-refractivity contribution >= 4 is 11.3 Å². The van der Waals surface area contributed by atoms with Crippen molar-refractivity contribution in [3.05, 3.63) is 39.4 Å². The van der Waals surface area contributed by atoms with E-state index < -0.39 is 0 Å². The van der Waals surface area contributed by atoms with E-state index in [1.165, 1.54) is 5.57 Å². The lowest BCUT2D eigenvalue weighted by Crippen LogP contribution is -2.48. The summed E-state index contributed by atoms with van der Waals surface area (Å²) in [7, 11) is 0. The fraction of sp³-hybridized carbons (Fsp3) is 0.579. The Kier molecular flexibility index (Phi) is 4.84. The highest BCUT2D eigenvalue weighted by Gasteiger charge is 2.30. The molecule has 1 heterocycles. The fourth-order valence-corrected chi connectivity index (χ4v) is 3.18. The second-order valence-corrected chi connectivity index (χ2v) is 7.61. The van der Waals surface area contributed by atoms with Crippen molar-refractivity contribution in [3.8, 4) is 5.75 Å². The summed E-state index contributed by atoms with van der Waals surface area (Å²) in [6.45, 7) is 7.71. The van der Waals surface area contributed by atoms with Gasteiger partial charge >= 0.3 is 5.69 Å². The van der Waals surface area contributed by atoms with Crippen LogP contribution in [0.25, 0.3) is 5.57 Å². The normalized spacial score (nSPS) is 18.8. The third-order valence-electron chi connectivity index (χ3n) is 5.12. The lowest BCUT2D eigenvalue weighted by molar-refractivity contribution is -0.386. The van der Waals surface area contributed by atoms with Crippen LogP contribution in [0.15, 0.2) is 18.2 Å². The van der Waals surface area contributed by atoms with Crippen molar-refractivity contribution in [3.63, 3.8) is 0 Å². The van der Waals surface area contributed by atoms with Crippen LogP contribution in [0.4, 0.5) is 5.69 Å². The summed E-state index contributed by atoms with van der Waals surface area (Å²) in [6, 6.07) is 3.46. The Morgan fingerprint density at radius 3 is 2.64 bits per heavy atom. The minimum Gasteiger partial charge on any atom is -0.483 e. The van der Waals surface area contributed by atoms with Crippen LogP contribution < -0.4 is 4.74 Å². The van der Waals surface area contributed by atoms with E-state index in [4.69, 9.17) is 4.74 Å². The number of hydrogen-bond donors (Lipinski definition) is 1. The van der Waals surface area contributed by atoms with Gasteiger partial charge in [-0.15, -0.1) is 0 Å². The quantitative estimate of drug-likeness (QED) is 0.632. The van der Waals surface area contributed by atoms with Crippen molar-refractivity contribution in [1.82, 2.24) is 4.90 Å². The van der Waals surface area contributed by atoms with E-state index in [2.05, 4.69) is 11.0 Å². The van der Waals surface area contributed by atoms with E-state index in [9.17, 15) is 15.2 Å². The maximum atomic E-state index is 11.3. The molecule has 1 aliphatic carbocycles. The average molecular weight is 346 g/mol. The Morgan fingerprint density at radius 2 is 2.12 bits per heavy atom. The molecule has 0 bridgehead atoms. The van der Waals surface area contributed by atoms with Crippen molar-refractivity contribution < 1.29 is 14.8 Å². The number of nitrogens with zero attached hydrogens (tertiary/aromatic N) is 2. The van der Waals surface area contributed by atoms with E-state index in [-0.39, 0.29) is 28.9 Å². The molecule has 1 saturated carbocycles. The lowest BCUT2D eigenvalue weighted by Gasteiger charge is -2.39. The van der Waals surface area contributed by atoms with Crippen LogP contribution in [0.1, 0.15) is 44.2 Å². The number of nitro benzene ring substituents is 1. The topological polar surface area (TPSA) is 75.8 Å². The summed E-state index contributed by atoms with van der Waals surface area (Å²) in [4.78, 5) is 13.2. The van der Waals surface area contributed by atoms with Gasteiger partial charge in [0.15, 0.2) is 5.75 Å². The molecule has 3 rings (SSSR count). The molecule has 1 aromatic rings. The highest BCUT2D eigenvalue weighted by atomic mass is 16.6. The molecule has 136 valence electrons. The minimum atomic E-state index is -0.366. The average Bonchev–Trinajstić information content (AvgIpc) is 3.40. The molecule has 6 heteroatoms. The molecule has 0 saturated heterocycles. The zero-order valence-corrected chi connectivity index (χ0v) is 15.1. The van der Waals surface area contributed by atoms with Crippen LogP contribution in [0.5, 0.6) is 5.75 Å². The van der Waals surface area contributed by atoms with Gasteiger partial charge in [-0.3, -0.25) is 15.0 Å². The highest BCUT2D eigenvalue weighted by molar-refractivity contribution is 5.72. The Bertz CT molecular complexity index is 708. The number of aliphatic hydroxyl groups is 1. The number of benzene rings is 1. The summed E-state index contributed by atoms with van der Waals surface area (Å²) < 4.78 is 5.78. The SMILES string of the molecule is Cc1cc([N+](=O)[O-])c(OC2CC2)cc1C1=CCN(C(C)(C)CO)CC1. The van der Waals surface area contributed by atoms with E-state index in [1.54, 1.807) is 6.07 Å². The maximum Gasteiger partial charge on any atom is 0.311 e. The molecule has 0 unspecified atom stereocenters. The van der Waals surface area contributed by atoms with Gasteiger partial charge in [-0.1, -0.05) is 6.08 Å². The van der Waals surface area contributed by atoms with Gasteiger partial charge in [0.05, 0.1) is 17.6 Å². The number of nitro groups is 1. The zero-order chi connectivity index (χ0) is 18.2. The van der Waals surface area contributed by atoms with E-state index in [0.717, 1.165) is 43.5 Å². The van der Waals surface area contributed by atoms with Crippen LogP contribution in [0.3, 0.4) is 0 Å². The van der Waals surface area contributed by atoms with Gasteiger partial charge in [-0.25, -0.2) is 0 Å². The molecular weight excluding hydrogens is 320 g/mol. The molecule has 0 spiro atoms.